The molecule has 0 N–H and O–H groups in total. The van der Waals surface area contributed by atoms with E-state index in [-0.39, 0.29) is 0 Å². The molecule has 0 aliphatic carbocycles. The quantitative estimate of drug-likeness (QED) is 0.704. The SMILES string of the molecule is CC(F)(F)CC(OCF)C(F)(F)F.CF.CF. The summed E-state index contributed by atoms with van der Waals surface area (Å²) in [5.41, 5.74) is 0. The Hall–Kier alpha value is -0.600. The predicted octanol–water partition coefficient (Wildman–Crippen LogP) is 4.08. The Labute approximate surface area is 93.7 Å². The van der Waals surface area contributed by atoms with Gasteiger partial charge in [0.1, 0.15) is 0 Å². The fourth-order valence-electron chi connectivity index (χ4n) is 0.671. The zero-order valence-corrected chi connectivity index (χ0v) is 9.42. The van der Waals surface area contributed by atoms with Gasteiger partial charge in [-0.15, -0.1) is 0 Å². The Balaban J connectivity index is -0.000000439. The van der Waals surface area contributed by atoms with Crippen LogP contribution in [0.3, 0.4) is 0 Å². The first-order chi connectivity index (χ1) is 7.67. The van der Waals surface area contributed by atoms with Gasteiger partial charge in [-0.05, 0) is 6.92 Å². The largest absolute Gasteiger partial charge is 0.414 e. The molecule has 0 saturated heterocycles. The molecule has 0 aliphatic rings. The van der Waals surface area contributed by atoms with Gasteiger partial charge in [0.2, 0.25) is 5.92 Å². The Bertz CT molecular complexity index is 153. The zero-order chi connectivity index (χ0) is 14.7. The van der Waals surface area contributed by atoms with Crippen molar-refractivity contribution < 1.29 is 39.9 Å². The number of ether oxygens (including phenoxy) is 1. The average Bonchev–Trinajstić information content (AvgIpc) is 2.20. The Morgan fingerprint density at radius 3 is 1.47 bits per heavy atom. The smallest absolute Gasteiger partial charge is 0.338 e. The summed E-state index contributed by atoms with van der Waals surface area (Å²) in [4.78, 5) is 0. The Kier molecular flexibility index (Phi) is 13.4. The highest BCUT2D eigenvalue weighted by atomic mass is 19.4. The number of halogens is 8. The molecule has 0 spiro atoms. The summed E-state index contributed by atoms with van der Waals surface area (Å²) in [7, 11) is 1.00. The van der Waals surface area contributed by atoms with Crippen molar-refractivity contribution in [3.63, 3.8) is 0 Å². The molecule has 0 aromatic rings. The van der Waals surface area contributed by atoms with Gasteiger partial charge in [0.05, 0.1) is 14.4 Å². The second-order valence-corrected chi connectivity index (χ2v) is 2.58. The maximum Gasteiger partial charge on any atom is 0.414 e. The first kappa shape index (κ1) is 21.7. The van der Waals surface area contributed by atoms with Gasteiger partial charge in [-0.25, -0.2) is 13.2 Å². The van der Waals surface area contributed by atoms with Gasteiger partial charge in [-0.1, -0.05) is 0 Å². The molecular formula is C8H14F8O. The monoisotopic (exact) mass is 278 g/mol. The molecule has 0 fully saturated rings. The summed E-state index contributed by atoms with van der Waals surface area (Å²) in [6.45, 7) is -1.42. The molecule has 9 heteroatoms. The summed E-state index contributed by atoms with van der Waals surface area (Å²) in [5, 5.41) is 0. The van der Waals surface area contributed by atoms with Crippen LogP contribution in [0.4, 0.5) is 35.1 Å². The molecule has 1 unspecified atom stereocenters. The summed E-state index contributed by atoms with van der Waals surface area (Å²) in [5.74, 6) is -3.53. The van der Waals surface area contributed by atoms with Crippen LogP contribution in [0.1, 0.15) is 13.3 Å². The Morgan fingerprint density at radius 1 is 0.941 bits per heavy atom. The van der Waals surface area contributed by atoms with Crippen LogP contribution in [-0.2, 0) is 4.74 Å². The van der Waals surface area contributed by atoms with Crippen molar-refractivity contribution in [1.29, 1.82) is 0 Å². The lowest BCUT2D eigenvalue weighted by atomic mass is 10.1. The van der Waals surface area contributed by atoms with Crippen LogP contribution in [0.25, 0.3) is 0 Å². The van der Waals surface area contributed by atoms with E-state index >= 15 is 0 Å². The van der Waals surface area contributed by atoms with E-state index in [1.165, 1.54) is 0 Å². The van der Waals surface area contributed by atoms with Gasteiger partial charge in [-0.3, -0.25) is 8.78 Å². The van der Waals surface area contributed by atoms with Crippen molar-refractivity contribution in [2.24, 2.45) is 0 Å². The van der Waals surface area contributed by atoms with E-state index in [1.807, 2.05) is 0 Å². The van der Waals surface area contributed by atoms with Crippen LogP contribution in [0.5, 0.6) is 0 Å². The summed E-state index contributed by atoms with van der Waals surface area (Å²) >= 11 is 0. The van der Waals surface area contributed by atoms with E-state index in [0.717, 1.165) is 0 Å². The van der Waals surface area contributed by atoms with Crippen LogP contribution in [0.2, 0.25) is 0 Å². The number of hydrogen-bond acceptors (Lipinski definition) is 1. The number of hydrogen-bond donors (Lipinski definition) is 0. The minimum atomic E-state index is -4.97. The van der Waals surface area contributed by atoms with Gasteiger partial charge in [-0.2, -0.15) is 13.2 Å². The molecule has 0 aromatic heterocycles. The molecule has 0 heterocycles. The third-order valence-electron chi connectivity index (χ3n) is 1.17. The molecule has 1 nitrogen and oxygen atoms in total. The van der Waals surface area contributed by atoms with Gasteiger partial charge < -0.3 is 4.74 Å². The topological polar surface area (TPSA) is 9.23 Å². The second-order valence-electron chi connectivity index (χ2n) is 2.58. The number of alkyl halides is 8. The van der Waals surface area contributed by atoms with Crippen LogP contribution in [-0.4, -0.2) is 39.4 Å². The summed E-state index contributed by atoms with van der Waals surface area (Å²) < 4.78 is 93.6. The normalized spacial score (nSPS) is 12.9. The lowest BCUT2D eigenvalue weighted by Gasteiger charge is -2.21. The van der Waals surface area contributed by atoms with E-state index < -0.39 is 31.5 Å². The zero-order valence-electron chi connectivity index (χ0n) is 9.42. The summed E-state index contributed by atoms with van der Waals surface area (Å²) in [6, 6.07) is 0. The molecule has 0 aromatic carbocycles. The standard InChI is InChI=1S/C6H8F6O.2CH3F/c1-5(8,9)2-4(13-3-7)6(10,11)12;2*1-2/h4H,2-3H2,1H3;2*1H3. The average molecular weight is 278 g/mol. The molecule has 1 atom stereocenters. The van der Waals surface area contributed by atoms with Crippen LogP contribution < -0.4 is 0 Å². The predicted molar refractivity (Wildman–Crippen MR) is 46.2 cm³/mol. The molecule has 0 aliphatic heterocycles. The van der Waals surface area contributed by atoms with Crippen molar-refractivity contribution in [2.45, 2.75) is 31.5 Å². The first-order valence-electron chi connectivity index (χ1n) is 4.04. The van der Waals surface area contributed by atoms with Crippen LogP contribution in [0, 0.1) is 0 Å². The van der Waals surface area contributed by atoms with Crippen molar-refractivity contribution in [3.05, 3.63) is 0 Å². The van der Waals surface area contributed by atoms with E-state index in [2.05, 4.69) is 4.74 Å². The molecule has 17 heavy (non-hydrogen) atoms. The van der Waals surface area contributed by atoms with E-state index in [0.29, 0.717) is 21.3 Å². The lowest BCUT2D eigenvalue weighted by molar-refractivity contribution is -0.245. The minimum Gasteiger partial charge on any atom is -0.338 e. The molecule has 0 bridgehead atoms. The van der Waals surface area contributed by atoms with E-state index in [1.54, 1.807) is 0 Å². The van der Waals surface area contributed by atoms with Gasteiger partial charge >= 0.3 is 6.18 Å². The van der Waals surface area contributed by atoms with Gasteiger partial charge in [0, 0.05) is 6.42 Å². The molecular weight excluding hydrogens is 264 g/mol. The fraction of sp³-hybridized carbons (Fsp3) is 1.00. The highest BCUT2D eigenvalue weighted by Gasteiger charge is 2.45. The van der Waals surface area contributed by atoms with Crippen LogP contribution in [0.15, 0.2) is 0 Å². The van der Waals surface area contributed by atoms with Crippen LogP contribution >= 0.6 is 0 Å². The Morgan fingerprint density at radius 2 is 1.29 bits per heavy atom. The molecule has 0 rings (SSSR count). The minimum absolute atomic E-state index is 0.313. The van der Waals surface area contributed by atoms with E-state index in [9.17, 15) is 35.1 Å². The molecule has 0 radical (unpaired) electrons. The fourth-order valence-corrected chi connectivity index (χ4v) is 0.671. The highest BCUT2D eigenvalue weighted by Crippen LogP contribution is 2.31. The third kappa shape index (κ3) is 15.4. The van der Waals surface area contributed by atoms with Crippen molar-refractivity contribution in [3.8, 4) is 0 Å². The number of rotatable bonds is 4. The summed E-state index contributed by atoms with van der Waals surface area (Å²) in [6.07, 6.45) is -9.29. The lowest BCUT2D eigenvalue weighted by Crippen LogP contribution is -2.36. The molecule has 0 saturated carbocycles. The molecule has 0 amide bonds. The highest BCUT2D eigenvalue weighted by molar-refractivity contribution is 4.74. The third-order valence-corrected chi connectivity index (χ3v) is 1.17. The van der Waals surface area contributed by atoms with Gasteiger partial charge in [0.25, 0.3) is 0 Å². The van der Waals surface area contributed by atoms with Crippen molar-refractivity contribution in [1.82, 2.24) is 0 Å². The van der Waals surface area contributed by atoms with Crippen molar-refractivity contribution in [2.75, 3.05) is 21.2 Å². The van der Waals surface area contributed by atoms with Crippen molar-refractivity contribution >= 4 is 0 Å². The first-order valence-corrected chi connectivity index (χ1v) is 4.04. The molecule has 108 valence electrons. The second kappa shape index (κ2) is 10.5. The van der Waals surface area contributed by atoms with E-state index in [4.69, 9.17) is 0 Å². The maximum absolute atomic E-state index is 12.1. The maximum atomic E-state index is 12.1. The van der Waals surface area contributed by atoms with Gasteiger partial charge in [0.15, 0.2) is 13.0 Å².